The molecule has 1 aromatic rings. The molecule has 1 aromatic carbocycles. The summed E-state index contributed by atoms with van der Waals surface area (Å²) in [4.78, 5) is 19.3. The van der Waals surface area contributed by atoms with Crippen molar-refractivity contribution >= 4 is 28.8 Å². The van der Waals surface area contributed by atoms with E-state index in [0.29, 0.717) is 4.99 Å². The molecule has 4 nitrogen and oxygen atoms in total. The maximum absolute atomic E-state index is 13.5. The third-order valence-corrected chi connectivity index (χ3v) is 5.20. The van der Waals surface area contributed by atoms with Crippen molar-refractivity contribution in [2.75, 3.05) is 38.1 Å². The van der Waals surface area contributed by atoms with E-state index in [2.05, 4.69) is 11.9 Å². The van der Waals surface area contributed by atoms with E-state index >= 15 is 0 Å². The molecule has 6 heteroatoms. The van der Waals surface area contributed by atoms with Crippen molar-refractivity contribution in [3.05, 3.63) is 29.6 Å². The Hall–Kier alpha value is -1.53. The zero-order valence-corrected chi connectivity index (χ0v) is 14.4. The van der Waals surface area contributed by atoms with Gasteiger partial charge in [0.05, 0.1) is 0 Å². The second-order valence-electron chi connectivity index (χ2n) is 6.43. The molecular formula is C17H22FN3OS. The molecule has 0 radical (unpaired) electrons. The molecule has 2 aliphatic rings. The summed E-state index contributed by atoms with van der Waals surface area (Å²) in [6.45, 7) is 5.39. The van der Waals surface area contributed by atoms with E-state index in [4.69, 9.17) is 12.2 Å². The minimum absolute atomic E-state index is 0.0749. The van der Waals surface area contributed by atoms with Crippen LogP contribution >= 0.6 is 12.2 Å². The largest absolute Gasteiger partial charge is 0.356 e. The van der Waals surface area contributed by atoms with Crippen LogP contribution in [0.1, 0.15) is 18.9 Å². The SMILES string of the molecule is CC1CCc2cc(F)ccc2N1C(=O)C(=S)N1CCN(C)CC1. The molecule has 124 valence electrons. The van der Waals surface area contributed by atoms with Crippen LogP contribution < -0.4 is 4.90 Å². The molecule has 2 aliphatic heterocycles. The molecule has 1 amide bonds. The van der Waals surface area contributed by atoms with Crippen LogP contribution in [0.15, 0.2) is 18.2 Å². The number of carbonyl (C=O) groups is 1. The molecule has 0 saturated carbocycles. The smallest absolute Gasteiger partial charge is 0.286 e. The first-order valence-corrected chi connectivity index (χ1v) is 8.47. The first-order chi connectivity index (χ1) is 11.0. The maximum Gasteiger partial charge on any atom is 0.286 e. The van der Waals surface area contributed by atoms with Crippen molar-refractivity contribution in [3.8, 4) is 0 Å². The number of hydrogen-bond donors (Lipinski definition) is 0. The summed E-state index contributed by atoms with van der Waals surface area (Å²) >= 11 is 5.47. The molecular weight excluding hydrogens is 313 g/mol. The van der Waals surface area contributed by atoms with Crippen LogP contribution in [-0.2, 0) is 11.2 Å². The van der Waals surface area contributed by atoms with Gasteiger partial charge in [-0.1, -0.05) is 12.2 Å². The number of hydrogen-bond acceptors (Lipinski definition) is 3. The fourth-order valence-corrected chi connectivity index (χ4v) is 3.56. The zero-order chi connectivity index (χ0) is 16.6. The van der Waals surface area contributed by atoms with Crippen LogP contribution in [-0.4, -0.2) is 60.0 Å². The highest BCUT2D eigenvalue weighted by Crippen LogP contribution is 2.31. The lowest BCUT2D eigenvalue weighted by Gasteiger charge is -2.39. The van der Waals surface area contributed by atoms with E-state index in [1.54, 1.807) is 11.0 Å². The number of halogens is 1. The van der Waals surface area contributed by atoms with E-state index < -0.39 is 0 Å². The summed E-state index contributed by atoms with van der Waals surface area (Å²) in [5.74, 6) is -0.392. The lowest BCUT2D eigenvalue weighted by molar-refractivity contribution is -0.113. The highest BCUT2D eigenvalue weighted by Gasteiger charge is 2.33. The lowest BCUT2D eigenvalue weighted by Crippen LogP contribution is -2.54. The van der Waals surface area contributed by atoms with Crippen molar-refractivity contribution in [2.45, 2.75) is 25.8 Å². The van der Waals surface area contributed by atoms with Crippen LogP contribution in [0, 0.1) is 5.82 Å². The number of carbonyl (C=O) groups excluding carboxylic acids is 1. The minimum atomic E-state index is -0.257. The molecule has 0 aromatic heterocycles. The number of likely N-dealkylation sites (N-methyl/N-ethyl adjacent to an activating group) is 1. The van der Waals surface area contributed by atoms with Crippen LogP contribution in [0.2, 0.25) is 0 Å². The van der Waals surface area contributed by atoms with E-state index in [1.165, 1.54) is 12.1 Å². The van der Waals surface area contributed by atoms with Crippen LogP contribution in [0.4, 0.5) is 10.1 Å². The van der Waals surface area contributed by atoms with E-state index in [1.807, 2.05) is 11.8 Å². The van der Waals surface area contributed by atoms with E-state index in [-0.39, 0.29) is 17.8 Å². The average molecular weight is 335 g/mol. The van der Waals surface area contributed by atoms with Gasteiger partial charge >= 0.3 is 0 Å². The number of benzene rings is 1. The van der Waals surface area contributed by atoms with E-state index in [0.717, 1.165) is 50.3 Å². The third kappa shape index (κ3) is 3.23. The molecule has 0 aliphatic carbocycles. The Bertz CT molecular complexity index is 628. The van der Waals surface area contributed by atoms with Gasteiger partial charge in [0.25, 0.3) is 5.91 Å². The van der Waals surface area contributed by atoms with Gasteiger partial charge in [0, 0.05) is 37.9 Å². The summed E-state index contributed by atoms with van der Waals surface area (Å²) < 4.78 is 13.5. The van der Waals surface area contributed by atoms with Crippen molar-refractivity contribution in [1.82, 2.24) is 9.80 Å². The Balaban J connectivity index is 1.83. The molecule has 0 spiro atoms. The van der Waals surface area contributed by atoms with Gasteiger partial charge in [-0.3, -0.25) is 4.79 Å². The van der Waals surface area contributed by atoms with Gasteiger partial charge in [0.1, 0.15) is 5.82 Å². The quantitative estimate of drug-likeness (QED) is 0.678. The first-order valence-electron chi connectivity index (χ1n) is 8.07. The van der Waals surface area contributed by atoms with Crippen molar-refractivity contribution in [3.63, 3.8) is 0 Å². The molecule has 1 saturated heterocycles. The maximum atomic E-state index is 13.5. The number of amides is 1. The molecule has 1 atom stereocenters. The number of rotatable bonds is 0. The number of piperazine rings is 1. The predicted octanol–water partition coefficient (Wildman–Crippen LogP) is 2.07. The van der Waals surface area contributed by atoms with Gasteiger partial charge in [0.15, 0.2) is 4.99 Å². The summed E-state index contributed by atoms with van der Waals surface area (Å²) in [6.07, 6.45) is 1.62. The summed E-state index contributed by atoms with van der Waals surface area (Å²) in [5.41, 5.74) is 1.68. The molecule has 0 N–H and O–H groups in total. The van der Waals surface area contributed by atoms with Gasteiger partial charge in [-0.25, -0.2) is 4.39 Å². The Labute approximate surface area is 141 Å². The number of fused-ring (bicyclic) bond motifs is 1. The molecule has 0 bridgehead atoms. The van der Waals surface area contributed by atoms with Gasteiger partial charge in [0.2, 0.25) is 0 Å². The Kier molecular flexibility index (Phi) is 4.64. The monoisotopic (exact) mass is 335 g/mol. The fourth-order valence-electron chi connectivity index (χ4n) is 3.28. The number of anilines is 1. The van der Waals surface area contributed by atoms with Crippen molar-refractivity contribution in [2.24, 2.45) is 0 Å². The highest BCUT2D eigenvalue weighted by molar-refractivity contribution is 7.82. The standard InChI is InChI=1S/C17H22FN3OS/c1-12-3-4-13-11-14(18)5-6-15(13)21(12)16(22)17(23)20-9-7-19(2)8-10-20/h5-6,11-12H,3-4,7-10H2,1-2H3. The number of thiocarbonyl (C=S) groups is 1. The summed E-state index contributed by atoms with van der Waals surface area (Å²) in [7, 11) is 2.07. The normalized spacial score (nSPS) is 22.0. The highest BCUT2D eigenvalue weighted by atomic mass is 32.1. The van der Waals surface area contributed by atoms with E-state index in [9.17, 15) is 9.18 Å². The van der Waals surface area contributed by atoms with Crippen molar-refractivity contribution < 1.29 is 9.18 Å². The predicted molar refractivity (Wildman–Crippen MR) is 93.3 cm³/mol. The molecule has 23 heavy (non-hydrogen) atoms. The number of aryl methyl sites for hydroxylation is 1. The minimum Gasteiger partial charge on any atom is -0.356 e. The Morgan fingerprint density at radius 2 is 1.96 bits per heavy atom. The molecule has 3 rings (SSSR count). The molecule has 1 fully saturated rings. The summed E-state index contributed by atoms with van der Waals surface area (Å²) in [6, 6.07) is 4.72. The molecule has 1 unspecified atom stereocenters. The van der Waals surface area contributed by atoms with Gasteiger partial charge < -0.3 is 14.7 Å². The third-order valence-electron chi connectivity index (χ3n) is 4.77. The zero-order valence-electron chi connectivity index (χ0n) is 13.6. The lowest BCUT2D eigenvalue weighted by atomic mass is 9.96. The van der Waals surface area contributed by atoms with Crippen molar-refractivity contribution in [1.29, 1.82) is 0 Å². The summed E-state index contributed by atoms with van der Waals surface area (Å²) in [5, 5.41) is 0. The van der Waals surface area contributed by atoms with Crippen LogP contribution in [0.5, 0.6) is 0 Å². The second-order valence-corrected chi connectivity index (χ2v) is 6.82. The van der Waals surface area contributed by atoms with Crippen LogP contribution in [0.25, 0.3) is 0 Å². The molecule has 2 heterocycles. The topological polar surface area (TPSA) is 26.8 Å². The van der Waals surface area contributed by atoms with Gasteiger partial charge in [-0.2, -0.15) is 0 Å². The first kappa shape index (κ1) is 16.3. The number of nitrogens with zero attached hydrogens (tertiary/aromatic N) is 3. The van der Waals surface area contributed by atoms with Gasteiger partial charge in [-0.15, -0.1) is 0 Å². The Morgan fingerprint density at radius 3 is 2.65 bits per heavy atom. The fraction of sp³-hybridized carbons (Fsp3) is 0.529. The van der Waals surface area contributed by atoms with Crippen LogP contribution in [0.3, 0.4) is 0 Å². The second kappa shape index (κ2) is 6.53. The average Bonchev–Trinajstić information content (AvgIpc) is 2.54. The Morgan fingerprint density at radius 1 is 1.26 bits per heavy atom. The van der Waals surface area contributed by atoms with Gasteiger partial charge in [-0.05, 0) is 50.6 Å².